The normalized spacial score (nSPS) is 30.9. The lowest BCUT2D eigenvalue weighted by molar-refractivity contribution is -0.384. The summed E-state index contributed by atoms with van der Waals surface area (Å²) in [5.41, 5.74) is 7.04. The topological polar surface area (TPSA) is 116 Å². The van der Waals surface area contributed by atoms with Crippen molar-refractivity contribution >= 4 is 22.8 Å². The standard InChI is InChI=1S/C13H14N4O4/c14-10-7-3-4-20-12(7)11(10)16-13-15-8-2-1-6(17(18)19)5-9(8)21-13/h1-2,5,7,10-12H,3-4,14H2,(H,15,16). The molecule has 3 N–H and O–H groups in total. The quantitative estimate of drug-likeness (QED) is 0.645. The van der Waals surface area contributed by atoms with Crippen LogP contribution >= 0.6 is 0 Å². The van der Waals surface area contributed by atoms with Crippen molar-refractivity contribution in [3.63, 3.8) is 0 Å². The van der Waals surface area contributed by atoms with E-state index in [4.69, 9.17) is 14.9 Å². The molecule has 0 spiro atoms. The van der Waals surface area contributed by atoms with Crippen LogP contribution in [0.3, 0.4) is 0 Å². The van der Waals surface area contributed by atoms with Gasteiger partial charge >= 0.3 is 0 Å². The van der Waals surface area contributed by atoms with Crippen LogP contribution in [0, 0.1) is 16.0 Å². The second kappa shape index (κ2) is 4.40. The van der Waals surface area contributed by atoms with E-state index >= 15 is 0 Å². The molecule has 1 saturated heterocycles. The molecule has 8 heteroatoms. The van der Waals surface area contributed by atoms with Gasteiger partial charge in [0.2, 0.25) is 0 Å². The second-order valence-electron chi connectivity index (χ2n) is 5.46. The van der Waals surface area contributed by atoms with Crippen molar-refractivity contribution in [2.75, 3.05) is 11.9 Å². The molecular weight excluding hydrogens is 276 g/mol. The summed E-state index contributed by atoms with van der Waals surface area (Å²) in [5.74, 6) is 0.396. The van der Waals surface area contributed by atoms with E-state index in [0.717, 1.165) is 13.0 Å². The second-order valence-corrected chi connectivity index (χ2v) is 5.46. The number of nitro benzene ring substituents is 1. The summed E-state index contributed by atoms with van der Waals surface area (Å²) in [6, 6.07) is 4.64. The number of aromatic nitrogens is 1. The number of nitrogens with one attached hydrogen (secondary N) is 1. The third kappa shape index (κ3) is 1.87. The number of nitrogens with two attached hydrogens (primary N) is 1. The minimum Gasteiger partial charge on any atom is -0.423 e. The molecule has 0 radical (unpaired) electrons. The van der Waals surface area contributed by atoms with Crippen LogP contribution in [0.15, 0.2) is 22.6 Å². The van der Waals surface area contributed by atoms with Crippen LogP contribution in [-0.4, -0.2) is 34.7 Å². The van der Waals surface area contributed by atoms with Gasteiger partial charge in [-0.15, -0.1) is 0 Å². The number of fused-ring (bicyclic) bond motifs is 2. The summed E-state index contributed by atoms with van der Waals surface area (Å²) in [6.07, 6.45) is 1.09. The zero-order chi connectivity index (χ0) is 14.6. The first-order valence-corrected chi connectivity index (χ1v) is 6.82. The molecule has 21 heavy (non-hydrogen) atoms. The van der Waals surface area contributed by atoms with Gasteiger partial charge in [0.1, 0.15) is 5.52 Å². The number of nitro groups is 1. The van der Waals surface area contributed by atoms with Crippen molar-refractivity contribution in [3.05, 3.63) is 28.3 Å². The molecule has 0 bridgehead atoms. The van der Waals surface area contributed by atoms with E-state index in [-0.39, 0.29) is 23.9 Å². The number of oxazole rings is 1. The Morgan fingerprint density at radius 2 is 2.33 bits per heavy atom. The van der Waals surface area contributed by atoms with Gasteiger partial charge < -0.3 is 20.2 Å². The molecule has 4 rings (SSSR count). The van der Waals surface area contributed by atoms with Gasteiger partial charge in [-0.2, -0.15) is 4.98 Å². The number of nitrogens with zero attached hydrogens (tertiary/aromatic N) is 2. The minimum absolute atomic E-state index is 0.0156. The van der Waals surface area contributed by atoms with E-state index in [2.05, 4.69) is 10.3 Å². The highest BCUT2D eigenvalue weighted by atomic mass is 16.6. The average molecular weight is 290 g/mol. The van der Waals surface area contributed by atoms with E-state index in [0.29, 0.717) is 23.0 Å². The highest BCUT2D eigenvalue weighted by Gasteiger charge is 2.52. The SMILES string of the molecule is NC1C2CCOC2C1Nc1nc2ccc([N+](=O)[O-])cc2o1. The van der Waals surface area contributed by atoms with Gasteiger partial charge in [-0.25, -0.2) is 0 Å². The summed E-state index contributed by atoms with van der Waals surface area (Å²) < 4.78 is 11.2. The van der Waals surface area contributed by atoms with E-state index in [1.54, 1.807) is 6.07 Å². The van der Waals surface area contributed by atoms with Crippen LogP contribution in [0.5, 0.6) is 0 Å². The molecule has 2 aliphatic rings. The Hall–Kier alpha value is -2.19. The number of rotatable bonds is 3. The molecule has 4 unspecified atom stereocenters. The number of benzene rings is 1. The predicted molar refractivity (Wildman–Crippen MR) is 73.9 cm³/mol. The number of hydrogen-bond donors (Lipinski definition) is 2. The Morgan fingerprint density at radius 1 is 1.48 bits per heavy atom. The number of anilines is 1. The van der Waals surface area contributed by atoms with Crippen LogP contribution in [-0.2, 0) is 4.74 Å². The van der Waals surface area contributed by atoms with Gasteiger partial charge in [0, 0.05) is 24.6 Å². The maximum atomic E-state index is 10.7. The number of ether oxygens (including phenoxy) is 1. The molecule has 1 aromatic carbocycles. The van der Waals surface area contributed by atoms with Crippen molar-refractivity contribution in [3.8, 4) is 0 Å². The zero-order valence-electron chi connectivity index (χ0n) is 11.1. The monoisotopic (exact) mass is 290 g/mol. The Balaban J connectivity index is 1.58. The first-order valence-electron chi connectivity index (χ1n) is 6.82. The predicted octanol–water partition coefficient (Wildman–Crippen LogP) is 1.26. The fourth-order valence-corrected chi connectivity index (χ4v) is 3.16. The number of non-ortho nitro benzene ring substituents is 1. The van der Waals surface area contributed by atoms with Crippen molar-refractivity contribution < 1.29 is 14.1 Å². The Bertz CT molecular complexity index is 715. The van der Waals surface area contributed by atoms with E-state index in [1.165, 1.54) is 12.1 Å². The van der Waals surface area contributed by atoms with Crippen molar-refractivity contribution in [1.82, 2.24) is 4.98 Å². The van der Waals surface area contributed by atoms with Crippen LogP contribution in [0.4, 0.5) is 11.7 Å². The van der Waals surface area contributed by atoms with Crippen LogP contribution in [0.2, 0.25) is 0 Å². The molecule has 2 aromatic rings. The lowest BCUT2D eigenvalue weighted by atomic mass is 9.72. The van der Waals surface area contributed by atoms with Crippen LogP contribution in [0.1, 0.15) is 6.42 Å². The molecule has 2 heterocycles. The average Bonchev–Trinajstić information content (AvgIpc) is 3.07. The molecular formula is C13H14N4O4. The molecule has 1 aliphatic heterocycles. The molecule has 4 atom stereocenters. The third-order valence-electron chi connectivity index (χ3n) is 4.32. The van der Waals surface area contributed by atoms with Crippen LogP contribution in [0.25, 0.3) is 11.1 Å². The summed E-state index contributed by atoms with van der Waals surface area (Å²) in [5, 5.41) is 13.9. The molecule has 1 aliphatic carbocycles. The van der Waals surface area contributed by atoms with Gasteiger partial charge in [0.25, 0.3) is 11.7 Å². The summed E-state index contributed by atoms with van der Waals surface area (Å²) in [6.45, 7) is 0.737. The molecule has 1 aromatic heterocycles. The summed E-state index contributed by atoms with van der Waals surface area (Å²) in [4.78, 5) is 14.6. The molecule has 0 amide bonds. The van der Waals surface area contributed by atoms with E-state index in [1.807, 2.05) is 0 Å². The van der Waals surface area contributed by atoms with Crippen LogP contribution < -0.4 is 11.1 Å². The minimum atomic E-state index is -0.464. The maximum Gasteiger partial charge on any atom is 0.296 e. The summed E-state index contributed by atoms with van der Waals surface area (Å²) >= 11 is 0. The van der Waals surface area contributed by atoms with Crippen molar-refractivity contribution in [2.24, 2.45) is 11.7 Å². The Kier molecular flexibility index (Phi) is 2.63. The van der Waals surface area contributed by atoms with E-state index in [9.17, 15) is 10.1 Å². The highest BCUT2D eigenvalue weighted by molar-refractivity contribution is 5.77. The largest absolute Gasteiger partial charge is 0.423 e. The Labute approximate surface area is 119 Å². The molecule has 8 nitrogen and oxygen atoms in total. The van der Waals surface area contributed by atoms with Crippen molar-refractivity contribution in [1.29, 1.82) is 0 Å². The smallest absolute Gasteiger partial charge is 0.296 e. The lowest BCUT2D eigenvalue weighted by Gasteiger charge is -2.45. The highest BCUT2D eigenvalue weighted by Crippen LogP contribution is 2.39. The maximum absolute atomic E-state index is 10.7. The van der Waals surface area contributed by atoms with Gasteiger partial charge in [-0.1, -0.05) is 0 Å². The Morgan fingerprint density at radius 3 is 3.14 bits per heavy atom. The fourth-order valence-electron chi connectivity index (χ4n) is 3.16. The van der Waals surface area contributed by atoms with Gasteiger partial charge in [-0.05, 0) is 12.5 Å². The van der Waals surface area contributed by atoms with Gasteiger partial charge in [-0.3, -0.25) is 10.1 Å². The summed E-state index contributed by atoms with van der Waals surface area (Å²) in [7, 11) is 0. The fraction of sp³-hybridized carbons (Fsp3) is 0.462. The zero-order valence-corrected chi connectivity index (χ0v) is 11.1. The number of hydrogen-bond acceptors (Lipinski definition) is 7. The first-order chi connectivity index (χ1) is 10.1. The van der Waals surface area contributed by atoms with Crippen molar-refractivity contribution in [2.45, 2.75) is 24.6 Å². The molecule has 110 valence electrons. The van der Waals surface area contributed by atoms with E-state index < -0.39 is 4.92 Å². The van der Waals surface area contributed by atoms with Gasteiger partial charge in [0.15, 0.2) is 5.58 Å². The van der Waals surface area contributed by atoms with Gasteiger partial charge in [0.05, 0.1) is 23.1 Å². The molecule has 1 saturated carbocycles. The first kappa shape index (κ1) is 12.5. The third-order valence-corrected chi connectivity index (χ3v) is 4.32. The molecule has 2 fully saturated rings. The lowest BCUT2D eigenvalue weighted by Crippen LogP contribution is -2.65.